The van der Waals surface area contributed by atoms with Gasteiger partial charge in [0.2, 0.25) is 11.8 Å². The number of hydrogen-bond acceptors (Lipinski definition) is 6. The minimum Gasteiger partial charge on any atom is -0.469 e. The molecule has 2 aromatic heterocycles. The standard InChI is InChI=1S/C16H21FN4O3/c1-11-18-19-16(24-11)21-9-12(17)8-13(21)10-20(2)15(22)6-5-14-4-3-7-23-14/h3-4,7,12-13H,5-6,8-10H2,1-2H3/t12-,13-/m0/s1. The number of carbonyl (C=O) groups excluding carboxylic acids is 1. The predicted octanol–water partition coefficient (Wildman–Crippen LogP) is 1.98. The van der Waals surface area contributed by atoms with E-state index in [0.29, 0.717) is 37.7 Å². The number of hydrogen-bond donors (Lipinski definition) is 0. The van der Waals surface area contributed by atoms with E-state index < -0.39 is 6.17 Å². The van der Waals surface area contributed by atoms with Crippen molar-refractivity contribution < 1.29 is 18.0 Å². The fraction of sp³-hybridized carbons (Fsp3) is 0.562. The molecule has 0 aliphatic carbocycles. The highest BCUT2D eigenvalue weighted by atomic mass is 19.1. The number of rotatable bonds is 6. The lowest BCUT2D eigenvalue weighted by atomic mass is 10.2. The Balaban J connectivity index is 1.57. The van der Waals surface area contributed by atoms with Crippen molar-refractivity contribution in [3.05, 3.63) is 30.0 Å². The molecule has 0 unspecified atom stereocenters. The molecule has 0 saturated carbocycles. The first-order valence-electron chi connectivity index (χ1n) is 8.00. The van der Waals surface area contributed by atoms with Crippen LogP contribution in [0.5, 0.6) is 0 Å². The van der Waals surface area contributed by atoms with Crippen LogP contribution in [0.4, 0.5) is 10.4 Å². The molecule has 3 rings (SSSR count). The first kappa shape index (κ1) is 16.5. The van der Waals surface area contributed by atoms with E-state index in [1.54, 1.807) is 36.1 Å². The fourth-order valence-electron chi connectivity index (χ4n) is 2.96. The number of likely N-dealkylation sites (N-methyl/N-ethyl adjacent to an activating group) is 1. The second-order valence-corrected chi connectivity index (χ2v) is 6.10. The molecule has 2 atom stereocenters. The summed E-state index contributed by atoms with van der Waals surface area (Å²) in [7, 11) is 1.73. The largest absolute Gasteiger partial charge is 0.469 e. The van der Waals surface area contributed by atoms with E-state index in [-0.39, 0.29) is 18.5 Å². The Morgan fingerprint density at radius 3 is 3.00 bits per heavy atom. The van der Waals surface area contributed by atoms with Crippen molar-refractivity contribution in [3.63, 3.8) is 0 Å². The topological polar surface area (TPSA) is 75.6 Å². The SMILES string of the molecule is Cc1nnc(N2C[C@@H](F)C[C@H]2CN(C)C(=O)CCc2ccco2)o1. The van der Waals surface area contributed by atoms with Gasteiger partial charge in [-0.15, -0.1) is 5.10 Å². The van der Waals surface area contributed by atoms with Crippen molar-refractivity contribution in [3.8, 4) is 0 Å². The van der Waals surface area contributed by atoms with Crippen LogP contribution < -0.4 is 4.90 Å². The molecule has 24 heavy (non-hydrogen) atoms. The van der Waals surface area contributed by atoms with E-state index in [1.807, 2.05) is 6.07 Å². The van der Waals surface area contributed by atoms with Crippen LogP contribution in [0.25, 0.3) is 0 Å². The summed E-state index contributed by atoms with van der Waals surface area (Å²) in [4.78, 5) is 15.7. The third-order valence-corrected chi connectivity index (χ3v) is 4.20. The first-order valence-corrected chi connectivity index (χ1v) is 8.00. The van der Waals surface area contributed by atoms with Gasteiger partial charge in [0.05, 0.1) is 18.8 Å². The molecular formula is C16H21FN4O3. The maximum atomic E-state index is 13.9. The summed E-state index contributed by atoms with van der Waals surface area (Å²) >= 11 is 0. The van der Waals surface area contributed by atoms with Gasteiger partial charge in [0, 0.05) is 39.8 Å². The van der Waals surface area contributed by atoms with Crippen LogP contribution in [0.2, 0.25) is 0 Å². The Hall–Kier alpha value is -2.38. The van der Waals surface area contributed by atoms with Gasteiger partial charge in [-0.2, -0.15) is 0 Å². The first-order chi connectivity index (χ1) is 11.5. The molecule has 8 heteroatoms. The van der Waals surface area contributed by atoms with Crippen LogP contribution in [0.3, 0.4) is 0 Å². The van der Waals surface area contributed by atoms with Gasteiger partial charge in [0.15, 0.2) is 0 Å². The summed E-state index contributed by atoms with van der Waals surface area (Å²) in [5, 5.41) is 7.75. The van der Waals surface area contributed by atoms with Gasteiger partial charge in [-0.1, -0.05) is 5.10 Å². The van der Waals surface area contributed by atoms with Crippen molar-refractivity contribution >= 4 is 11.9 Å². The van der Waals surface area contributed by atoms with Crippen LogP contribution in [0.1, 0.15) is 24.5 Å². The normalized spacial score (nSPS) is 20.5. The molecule has 0 N–H and O–H groups in total. The molecule has 0 aromatic carbocycles. The minimum absolute atomic E-state index is 0.00429. The van der Waals surface area contributed by atoms with Gasteiger partial charge in [0.25, 0.3) is 0 Å². The molecular weight excluding hydrogens is 315 g/mol. The zero-order valence-electron chi connectivity index (χ0n) is 13.8. The number of aromatic nitrogens is 2. The number of halogens is 1. The van der Waals surface area contributed by atoms with Gasteiger partial charge in [0.1, 0.15) is 11.9 Å². The Bertz CT molecular complexity index is 673. The third-order valence-electron chi connectivity index (χ3n) is 4.20. The molecule has 1 aliphatic rings. The Morgan fingerprint density at radius 1 is 1.50 bits per heavy atom. The summed E-state index contributed by atoms with van der Waals surface area (Å²) in [6.45, 7) is 2.32. The average Bonchev–Trinajstić information content (AvgIpc) is 3.26. The number of nitrogens with zero attached hydrogens (tertiary/aromatic N) is 4. The summed E-state index contributed by atoms with van der Waals surface area (Å²) in [6, 6.07) is 3.79. The molecule has 2 aromatic rings. The Morgan fingerprint density at radius 2 is 2.33 bits per heavy atom. The van der Waals surface area contributed by atoms with Crippen LogP contribution in [-0.4, -0.2) is 53.4 Å². The van der Waals surface area contributed by atoms with Gasteiger partial charge in [-0.05, 0) is 12.1 Å². The molecule has 3 heterocycles. The van der Waals surface area contributed by atoms with E-state index in [1.165, 1.54) is 0 Å². The summed E-state index contributed by atoms with van der Waals surface area (Å²) in [5.74, 6) is 1.22. The maximum absolute atomic E-state index is 13.9. The number of alkyl halides is 1. The lowest BCUT2D eigenvalue weighted by molar-refractivity contribution is -0.130. The molecule has 0 spiro atoms. The van der Waals surface area contributed by atoms with Crippen molar-refractivity contribution in [2.45, 2.75) is 38.4 Å². The molecule has 1 aliphatic heterocycles. The minimum atomic E-state index is -0.964. The molecule has 1 amide bonds. The van der Waals surface area contributed by atoms with Gasteiger partial charge >= 0.3 is 6.01 Å². The van der Waals surface area contributed by atoms with Gasteiger partial charge in [-0.25, -0.2) is 4.39 Å². The molecule has 0 radical (unpaired) electrons. The van der Waals surface area contributed by atoms with E-state index in [9.17, 15) is 9.18 Å². The van der Waals surface area contributed by atoms with Crippen LogP contribution in [0.15, 0.2) is 27.2 Å². The zero-order chi connectivity index (χ0) is 17.1. The molecule has 130 valence electrons. The lowest BCUT2D eigenvalue weighted by Crippen LogP contribution is -2.41. The number of furan rings is 1. The number of carbonyl (C=O) groups is 1. The maximum Gasteiger partial charge on any atom is 0.318 e. The summed E-state index contributed by atoms with van der Waals surface area (Å²) in [5.41, 5.74) is 0. The third kappa shape index (κ3) is 3.74. The molecule has 7 nitrogen and oxygen atoms in total. The average molecular weight is 336 g/mol. The summed E-state index contributed by atoms with van der Waals surface area (Å²) in [6.07, 6.45) is 1.88. The number of aryl methyl sites for hydroxylation is 2. The predicted molar refractivity (Wildman–Crippen MR) is 84.3 cm³/mol. The highest BCUT2D eigenvalue weighted by molar-refractivity contribution is 5.76. The van der Waals surface area contributed by atoms with E-state index in [0.717, 1.165) is 5.76 Å². The second-order valence-electron chi connectivity index (χ2n) is 6.10. The number of anilines is 1. The Kier molecular flexibility index (Phi) is 4.82. The van der Waals surface area contributed by atoms with Crippen LogP contribution >= 0.6 is 0 Å². The molecule has 1 saturated heterocycles. The smallest absolute Gasteiger partial charge is 0.318 e. The van der Waals surface area contributed by atoms with Gasteiger partial charge in [-0.3, -0.25) is 4.79 Å². The number of amides is 1. The highest BCUT2D eigenvalue weighted by Gasteiger charge is 2.36. The lowest BCUT2D eigenvalue weighted by Gasteiger charge is -2.27. The van der Waals surface area contributed by atoms with Gasteiger partial charge < -0.3 is 18.6 Å². The van der Waals surface area contributed by atoms with E-state index in [4.69, 9.17) is 8.83 Å². The van der Waals surface area contributed by atoms with Crippen molar-refractivity contribution in [2.75, 3.05) is 25.0 Å². The Labute approximate surface area is 139 Å². The zero-order valence-corrected chi connectivity index (χ0v) is 13.8. The van der Waals surface area contributed by atoms with Crippen LogP contribution in [0, 0.1) is 6.92 Å². The quantitative estimate of drug-likeness (QED) is 0.803. The highest BCUT2D eigenvalue weighted by Crippen LogP contribution is 2.26. The van der Waals surface area contributed by atoms with E-state index in [2.05, 4.69) is 10.2 Å². The van der Waals surface area contributed by atoms with Crippen molar-refractivity contribution in [2.24, 2.45) is 0 Å². The fourth-order valence-corrected chi connectivity index (χ4v) is 2.96. The molecule has 0 bridgehead atoms. The molecule has 1 fully saturated rings. The monoisotopic (exact) mass is 336 g/mol. The van der Waals surface area contributed by atoms with Crippen molar-refractivity contribution in [1.29, 1.82) is 0 Å². The van der Waals surface area contributed by atoms with E-state index >= 15 is 0 Å². The second kappa shape index (κ2) is 7.02. The van der Waals surface area contributed by atoms with Crippen LogP contribution in [-0.2, 0) is 11.2 Å². The summed E-state index contributed by atoms with van der Waals surface area (Å²) < 4.78 is 24.5. The van der Waals surface area contributed by atoms with Crippen molar-refractivity contribution in [1.82, 2.24) is 15.1 Å².